The van der Waals surface area contributed by atoms with Gasteiger partial charge in [-0.2, -0.15) is 0 Å². The zero-order valence-electron chi connectivity index (χ0n) is 21.7. The van der Waals surface area contributed by atoms with Gasteiger partial charge >= 0.3 is 5.97 Å². The van der Waals surface area contributed by atoms with Crippen LogP contribution < -0.4 is 5.32 Å². The lowest BCUT2D eigenvalue weighted by molar-refractivity contribution is -0.140. The molecule has 4 rings (SSSR count). The number of allylic oxidation sites excluding steroid dienone is 1. The molecule has 2 amide bonds. The first kappa shape index (κ1) is 26.8. The fourth-order valence-corrected chi connectivity index (χ4v) is 4.75. The normalized spacial score (nSPS) is 16.3. The molecule has 0 aromatic heterocycles. The molecule has 3 aromatic carbocycles. The summed E-state index contributed by atoms with van der Waals surface area (Å²) in [6.07, 6.45) is -0.0513. The molecule has 0 fully saturated rings. The molecule has 38 heavy (non-hydrogen) atoms. The predicted molar refractivity (Wildman–Crippen MR) is 142 cm³/mol. The maximum absolute atomic E-state index is 14.6. The van der Waals surface area contributed by atoms with Gasteiger partial charge in [-0.25, -0.2) is 9.18 Å². The molecular weight excluding hydrogens is 483 g/mol. The van der Waals surface area contributed by atoms with Gasteiger partial charge < -0.3 is 15.0 Å². The van der Waals surface area contributed by atoms with E-state index in [2.05, 4.69) is 5.32 Å². The van der Waals surface area contributed by atoms with E-state index < -0.39 is 17.7 Å². The average Bonchev–Trinajstić information content (AvgIpc) is 2.92. The fourth-order valence-electron chi connectivity index (χ4n) is 4.75. The Bertz CT molecular complexity index is 1350. The van der Waals surface area contributed by atoms with Crippen LogP contribution in [0.3, 0.4) is 0 Å². The molecule has 2 unspecified atom stereocenters. The van der Waals surface area contributed by atoms with Crippen molar-refractivity contribution in [2.45, 2.75) is 45.7 Å². The zero-order chi connectivity index (χ0) is 27.2. The molecule has 1 aliphatic heterocycles. The third-order valence-corrected chi connectivity index (χ3v) is 6.80. The smallest absolute Gasteiger partial charge is 0.336 e. The fraction of sp³-hybridized carbons (Fsp3) is 0.258. The molecule has 3 aromatic rings. The molecule has 196 valence electrons. The summed E-state index contributed by atoms with van der Waals surface area (Å²) in [7, 11) is 0. The van der Waals surface area contributed by atoms with Crippen LogP contribution in [0.5, 0.6) is 0 Å². The predicted octanol–water partition coefficient (Wildman–Crippen LogP) is 5.67. The van der Waals surface area contributed by atoms with Crippen molar-refractivity contribution in [1.29, 1.82) is 0 Å². The highest BCUT2D eigenvalue weighted by Crippen LogP contribution is 2.38. The Kier molecular flexibility index (Phi) is 8.36. The molecule has 6 nitrogen and oxygen atoms in total. The van der Waals surface area contributed by atoms with Crippen LogP contribution in [0.4, 0.5) is 4.39 Å². The van der Waals surface area contributed by atoms with E-state index in [1.165, 1.54) is 11.0 Å². The number of halogens is 1. The highest BCUT2D eigenvalue weighted by Gasteiger charge is 2.38. The van der Waals surface area contributed by atoms with Gasteiger partial charge in [0.05, 0.1) is 24.8 Å². The molecule has 7 heteroatoms. The first-order valence-electron chi connectivity index (χ1n) is 12.7. The van der Waals surface area contributed by atoms with E-state index in [0.29, 0.717) is 16.8 Å². The van der Waals surface area contributed by atoms with Gasteiger partial charge in [-0.1, -0.05) is 60.7 Å². The van der Waals surface area contributed by atoms with Crippen molar-refractivity contribution in [3.05, 3.63) is 118 Å². The Labute approximate surface area is 222 Å². The minimum absolute atomic E-state index is 0.0513. The van der Waals surface area contributed by atoms with Crippen LogP contribution in [0.15, 0.2) is 90.1 Å². The van der Waals surface area contributed by atoms with Gasteiger partial charge in [-0.15, -0.1) is 0 Å². The monoisotopic (exact) mass is 514 g/mol. The van der Waals surface area contributed by atoms with Crippen LogP contribution in [0.2, 0.25) is 0 Å². The Morgan fingerprint density at radius 1 is 1.03 bits per heavy atom. The van der Waals surface area contributed by atoms with E-state index in [0.717, 1.165) is 11.1 Å². The van der Waals surface area contributed by atoms with Crippen molar-refractivity contribution >= 4 is 17.8 Å². The summed E-state index contributed by atoms with van der Waals surface area (Å²) >= 11 is 0. The lowest BCUT2D eigenvalue weighted by atomic mass is 9.83. The van der Waals surface area contributed by atoms with Crippen molar-refractivity contribution in [3.63, 3.8) is 0 Å². The van der Waals surface area contributed by atoms with Gasteiger partial charge in [-0.3, -0.25) is 9.59 Å². The zero-order valence-corrected chi connectivity index (χ0v) is 21.7. The van der Waals surface area contributed by atoms with Gasteiger partial charge in [0.25, 0.3) is 5.91 Å². The first-order chi connectivity index (χ1) is 18.3. The molecule has 1 aliphatic rings. The number of amides is 2. The van der Waals surface area contributed by atoms with E-state index in [-0.39, 0.29) is 43.0 Å². The lowest BCUT2D eigenvalue weighted by Gasteiger charge is -2.34. The highest BCUT2D eigenvalue weighted by molar-refractivity contribution is 5.96. The summed E-state index contributed by atoms with van der Waals surface area (Å²) < 4.78 is 19.9. The number of benzene rings is 3. The molecule has 0 aliphatic carbocycles. The number of hydrogen-bond donors (Lipinski definition) is 1. The molecule has 0 saturated carbocycles. The Hall–Kier alpha value is -4.26. The summed E-state index contributed by atoms with van der Waals surface area (Å²) in [4.78, 5) is 40.4. The summed E-state index contributed by atoms with van der Waals surface area (Å²) in [5, 5.41) is 2.99. The van der Waals surface area contributed by atoms with Gasteiger partial charge in [0.15, 0.2) is 0 Å². The topological polar surface area (TPSA) is 75.7 Å². The maximum Gasteiger partial charge on any atom is 0.336 e. The average molecular weight is 515 g/mol. The number of nitrogens with zero attached hydrogens (tertiary/aromatic N) is 1. The second kappa shape index (κ2) is 11.9. The standard InChI is InChI=1S/C31H31FN2O4/c1-4-38-31(37)29-21(3)34(28(35)18-26(29)25-12-8-9-13-27(25)32)19-22-14-16-24(17-15-22)30(36)33-20(2)23-10-6-5-7-11-23/h5-17,20,26H,4,18-19H2,1-3H3,(H,33,36). The SMILES string of the molecule is CCOC(=O)C1=C(C)N(Cc2ccc(C(=O)NC(C)c3ccccc3)cc2)C(=O)CC1c1ccccc1F. The lowest BCUT2D eigenvalue weighted by Crippen LogP contribution is -2.38. The number of rotatable bonds is 8. The second-order valence-corrected chi connectivity index (χ2v) is 9.28. The minimum atomic E-state index is -0.725. The van der Waals surface area contributed by atoms with Gasteiger partial charge in [-0.05, 0) is 55.7 Å². The van der Waals surface area contributed by atoms with Crippen molar-refractivity contribution < 1.29 is 23.5 Å². The van der Waals surface area contributed by atoms with Crippen LogP contribution in [0.25, 0.3) is 0 Å². The minimum Gasteiger partial charge on any atom is -0.463 e. The number of carbonyl (C=O) groups excluding carboxylic acids is 3. The van der Waals surface area contributed by atoms with E-state index in [1.807, 2.05) is 37.3 Å². The maximum atomic E-state index is 14.6. The molecule has 0 bridgehead atoms. The quantitative estimate of drug-likeness (QED) is 0.393. The van der Waals surface area contributed by atoms with Crippen molar-refractivity contribution in [3.8, 4) is 0 Å². The summed E-state index contributed by atoms with van der Waals surface area (Å²) in [6.45, 7) is 5.69. The number of nitrogens with one attached hydrogen (secondary N) is 1. The van der Waals surface area contributed by atoms with Gasteiger partial charge in [0.1, 0.15) is 5.82 Å². The van der Waals surface area contributed by atoms with Crippen molar-refractivity contribution in [2.24, 2.45) is 0 Å². The molecule has 2 atom stereocenters. The number of hydrogen-bond acceptors (Lipinski definition) is 4. The number of carbonyl (C=O) groups is 3. The van der Waals surface area contributed by atoms with Crippen LogP contribution in [0, 0.1) is 5.82 Å². The molecule has 0 radical (unpaired) electrons. The third-order valence-electron chi connectivity index (χ3n) is 6.80. The molecule has 1 N–H and O–H groups in total. The van der Waals surface area contributed by atoms with E-state index >= 15 is 0 Å². The number of esters is 1. The molecule has 0 spiro atoms. The van der Waals surface area contributed by atoms with E-state index in [4.69, 9.17) is 4.74 Å². The van der Waals surface area contributed by atoms with E-state index in [1.54, 1.807) is 56.3 Å². The second-order valence-electron chi connectivity index (χ2n) is 9.28. The summed E-state index contributed by atoms with van der Waals surface area (Å²) in [5.74, 6) is -2.17. The molecular formula is C31H31FN2O4. The number of ether oxygens (including phenoxy) is 1. The largest absolute Gasteiger partial charge is 0.463 e. The van der Waals surface area contributed by atoms with Crippen LogP contribution in [-0.4, -0.2) is 29.3 Å². The third kappa shape index (κ3) is 5.83. The van der Waals surface area contributed by atoms with E-state index in [9.17, 15) is 18.8 Å². The van der Waals surface area contributed by atoms with Gasteiger partial charge in [0.2, 0.25) is 5.91 Å². The van der Waals surface area contributed by atoms with Crippen LogP contribution in [0.1, 0.15) is 66.2 Å². The van der Waals surface area contributed by atoms with Crippen molar-refractivity contribution in [1.82, 2.24) is 10.2 Å². The molecule has 1 heterocycles. The molecule has 0 saturated heterocycles. The Morgan fingerprint density at radius 2 is 1.68 bits per heavy atom. The van der Waals surface area contributed by atoms with Crippen LogP contribution in [-0.2, 0) is 20.9 Å². The Morgan fingerprint density at radius 3 is 2.34 bits per heavy atom. The first-order valence-corrected chi connectivity index (χ1v) is 12.7. The van der Waals surface area contributed by atoms with Crippen molar-refractivity contribution in [2.75, 3.05) is 6.61 Å². The van der Waals surface area contributed by atoms with Crippen LogP contribution >= 0.6 is 0 Å². The van der Waals surface area contributed by atoms with Gasteiger partial charge in [0, 0.05) is 23.6 Å². The summed E-state index contributed by atoms with van der Waals surface area (Å²) in [6, 6.07) is 22.7. The highest BCUT2D eigenvalue weighted by atomic mass is 19.1. The summed E-state index contributed by atoms with van der Waals surface area (Å²) in [5.41, 5.74) is 3.31. The Balaban J connectivity index is 1.54.